The van der Waals surface area contributed by atoms with Crippen LogP contribution in [0.4, 0.5) is 8.78 Å². The van der Waals surface area contributed by atoms with E-state index in [1.807, 2.05) is 0 Å². The third-order valence-electron chi connectivity index (χ3n) is 2.20. The van der Waals surface area contributed by atoms with Gasteiger partial charge >= 0.3 is 0 Å². The Morgan fingerprint density at radius 3 is 2.29 bits per heavy atom. The highest BCUT2D eigenvalue weighted by molar-refractivity contribution is 4.65. The summed E-state index contributed by atoms with van der Waals surface area (Å²) in [5.74, 6) is 0. The lowest BCUT2D eigenvalue weighted by Crippen LogP contribution is -2.35. The van der Waals surface area contributed by atoms with Crippen LogP contribution < -0.4 is 5.32 Å². The predicted molar refractivity (Wildman–Crippen MR) is 64.6 cm³/mol. The summed E-state index contributed by atoms with van der Waals surface area (Å²) >= 11 is 0. The number of nitrogens with one attached hydrogen (secondary N) is 1. The summed E-state index contributed by atoms with van der Waals surface area (Å²) in [6, 6.07) is 0.194. The molecule has 1 N–H and O–H groups in total. The fourth-order valence-corrected chi connectivity index (χ4v) is 1.36. The largest absolute Gasteiger partial charge is 0.380 e. The lowest BCUT2D eigenvalue weighted by atomic mass is 10.2. The molecule has 17 heavy (non-hydrogen) atoms. The van der Waals surface area contributed by atoms with Crippen molar-refractivity contribution in [1.82, 2.24) is 5.32 Å². The molecular formula is C12H25F2NO2. The molecule has 0 aliphatic heterocycles. The Morgan fingerprint density at radius 2 is 1.71 bits per heavy atom. The molecular weight excluding hydrogens is 228 g/mol. The molecule has 0 aromatic rings. The Balaban J connectivity index is 3.60. The van der Waals surface area contributed by atoms with Gasteiger partial charge in [-0.05, 0) is 25.8 Å². The quantitative estimate of drug-likeness (QED) is 0.542. The molecule has 0 fully saturated rings. The van der Waals surface area contributed by atoms with Gasteiger partial charge in [0, 0.05) is 19.3 Å². The van der Waals surface area contributed by atoms with E-state index < -0.39 is 13.0 Å². The van der Waals surface area contributed by atoms with Crippen LogP contribution in [0.25, 0.3) is 0 Å². The van der Waals surface area contributed by atoms with Gasteiger partial charge in [-0.15, -0.1) is 0 Å². The Morgan fingerprint density at radius 1 is 1.00 bits per heavy atom. The summed E-state index contributed by atoms with van der Waals surface area (Å²) < 4.78 is 34.0. The topological polar surface area (TPSA) is 30.5 Å². The molecule has 0 saturated carbocycles. The summed E-state index contributed by atoms with van der Waals surface area (Å²) in [4.78, 5) is 0. The maximum Gasteiger partial charge on any atom is 0.261 e. The van der Waals surface area contributed by atoms with Crippen molar-refractivity contribution in [1.29, 1.82) is 0 Å². The molecule has 0 aromatic carbocycles. The molecule has 0 aromatic heterocycles. The van der Waals surface area contributed by atoms with Crippen molar-refractivity contribution in [2.45, 2.75) is 45.6 Å². The van der Waals surface area contributed by atoms with E-state index in [9.17, 15) is 8.78 Å². The molecule has 0 aliphatic carbocycles. The van der Waals surface area contributed by atoms with E-state index in [2.05, 4.69) is 19.2 Å². The van der Waals surface area contributed by atoms with Gasteiger partial charge in [-0.3, -0.25) is 0 Å². The van der Waals surface area contributed by atoms with Crippen molar-refractivity contribution in [2.24, 2.45) is 0 Å². The third-order valence-corrected chi connectivity index (χ3v) is 2.20. The number of hydrogen-bond donors (Lipinski definition) is 1. The summed E-state index contributed by atoms with van der Waals surface area (Å²) in [7, 11) is 0. The Kier molecular flexibility index (Phi) is 12.0. The second kappa shape index (κ2) is 12.2. The van der Waals surface area contributed by atoms with Crippen molar-refractivity contribution in [3.63, 3.8) is 0 Å². The standard InChI is InChI=1S/C12H25F2NO2/c1-3-6-15-11(9-16-7-4-2)5-8-17-10-12(13)14/h11-12,15H,3-10H2,1-2H3. The van der Waals surface area contributed by atoms with Gasteiger partial charge < -0.3 is 14.8 Å². The molecule has 0 heterocycles. The minimum absolute atomic E-state index is 0.194. The van der Waals surface area contributed by atoms with E-state index in [-0.39, 0.29) is 6.04 Å². The van der Waals surface area contributed by atoms with Gasteiger partial charge in [0.25, 0.3) is 6.43 Å². The number of hydrogen-bond acceptors (Lipinski definition) is 3. The van der Waals surface area contributed by atoms with Crippen molar-refractivity contribution in [3.05, 3.63) is 0 Å². The van der Waals surface area contributed by atoms with E-state index >= 15 is 0 Å². The third kappa shape index (κ3) is 12.0. The van der Waals surface area contributed by atoms with Crippen LogP contribution in [0.2, 0.25) is 0 Å². The van der Waals surface area contributed by atoms with Crippen LogP contribution in [0.15, 0.2) is 0 Å². The SMILES string of the molecule is CCCNC(CCOCC(F)F)COCCC. The first kappa shape index (κ1) is 16.7. The van der Waals surface area contributed by atoms with Crippen LogP contribution in [0.5, 0.6) is 0 Å². The Bertz CT molecular complexity index is 159. The molecule has 0 bridgehead atoms. The Hall–Kier alpha value is -0.260. The van der Waals surface area contributed by atoms with Crippen LogP contribution in [-0.4, -0.2) is 45.4 Å². The van der Waals surface area contributed by atoms with Crippen LogP contribution in [0, 0.1) is 0 Å². The number of rotatable bonds is 12. The van der Waals surface area contributed by atoms with E-state index in [0.717, 1.165) is 26.0 Å². The number of halogens is 2. The van der Waals surface area contributed by atoms with E-state index in [1.54, 1.807) is 0 Å². The molecule has 1 unspecified atom stereocenters. The molecule has 0 amide bonds. The first-order valence-electron chi connectivity index (χ1n) is 6.37. The molecule has 0 spiro atoms. The molecule has 104 valence electrons. The van der Waals surface area contributed by atoms with Gasteiger partial charge in [0.1, 0.15) is 6.61 Å². The van der Waals surface area contributed by atoms with Crippen LogP contribution in [-0.2, 0) is 9.47 Å². The molecule has 0 saturated heterocycles. The number of ether oxygens (including phenoxy) is 2. The van der Waals surface area contributed by atoms with E-state index in [0.29, 0.717) is 19.6 Å². The fraction of sp³-hybridized carbons (Fsp3) is 1.00. The van der Waals surface area contributed by atoms with Gasteiger partial charge in [0.15, 0.2) is 0 Å². The van der Waals surface area contributed by atoms with Gasteiger partial charge in [0.2, 0.25) is 0 Å². The molecule has 0 rings (SSSR count). The highest BCUT2D eigenvalue weighted by Gasteiger charge is 2.09. The van der Waals surface area contributed by atoms with Gasteiger partial charge in [-0.2, -0.15) is 0 Å². The normalized spacial score (nSPS) is 13.2. The first-order valence-corrected chi connectivity index (χ1v) is 6.37. The van der Waals surface area contributed by atoms with Crippen molar-refractivity contribution in [3.8, 4) is 0 Å². The van der Waals surface area contributed by atoms with Crippen LogP contribution >= 0.6 is 0 Å². The maximum absolute atomic E-state index is 11.8. The van der Waals surface area contributed by atoms with Gasteiger partial charge in [0.05, 0.1) is 6.61 Å². The summed E-state index contributed by atoms with van der Waals surface area (Å²) in [5.41, 5.74) is 0. The summed E-state index contributed by atoms with van der Waals surface area (Å²) in [6.45, 7) is 6.28. The summed E-state index contributed by atoms with van der Waals surface area (Å²) in [6.07, 6.45) is 0.356. The Labute approximate surface area is 103 Å². The average Bonchev–Trinajstić information content (AvgIpc) is 2.30. The fourth-order valence-electron chi connectivity index (χ4n) is 1.36. The minimum atomic E-state index is -2.38. The average molecular weight is 253 g/mol. The lowest BCUT2D eigenvalue weighted by molar-refractivity contribution is 0.0104. The predicted octanol–water partition coefficient (Wildman–Crippen LogP) is 2.45. The van der Waals surface area contributed by atoms with Crippen molar-refractivity contribution < 1.29 is 18.3 Å². The van der Waals surface area contributed by atoms with Crippen LogP contribution in [0.1, 0.15) is 33.1 Å². The zero-order valence-electron chi connectivity index (χ0n) is 10.9. The van der Waals surface area contributed by atoms with Gasteiger partial charge in [-0.1, -0.05) is 13.8 Å². The van der Waals surface area contributed by atoms with Crippen LogP contribution in [0.3, 0.4) is 0 Å². The first-order chi connectivity index (χ1) is 8.20. The van der Waals surface area contributed by atoms with E-state index in [1.165, 1.54) is 0 Å². The summed E-state index contributed by atoms with van der Waals surface area (Å²) in [5, 5.41) is 3.32. The van der Waals surface area contributed by atoms with Crippen molar-refractivity contribution in [2.75, 3.05) is 33.0 Å². The molecule has 0 aliphatic rings. The molecule has 3 nitrogen and oxygen atoms in total. The number of alkyl halides is 2. The second-order valence-corrected chi connectivity index (χ2v) is 3.98. The van der Waals surface area contributed by atoms with Crippen molar-refractivity contribution >= 4 is 0 Å². The zero-order valence-corrected chi connectivity index (χ0v) is 10.9. The lowest BCUT2D eigenvalue weighted by Gasteiger charge is -2.18. The highest BCUT2D eigenvalue weighted by atomic mass is 19.3. The maximum atomic E-state index is 11.8. The smallest absolute Gasteiger partial charge is 0.261 e. The second-order valence-electron chi connectivity index (χ2n) is 3.98. The molecule has 5 heteroatoms. The minimum Gasteiger partial charge on any atom is -0.380 e. The van der Waals surface area contributed by atoms with Gasteiger partial charge in [-0.25, -0.2) is 8.78 Å². The zero-order chi connectivity index (χ0) is 12.9. The monoisotopic (exact) mass is 253 g/mol. The highest BCUT2D eigenvalue weighted by Crippen LogP contribution is 1.98. The molecule has 0 radical (unpaired) electrons. The van der Waals surface area contributed by atoms with E-state index in [4.69, 9.17) is 9.47 Å². The molecule has 1 atom stereocenters.